The van der Waals surface area contributed by atoms with Gasteiger partial charge in [-0.1, -0.05) is 12.8 Å². The number of hydrogen-bond donors (Lipinski definition) is 0. The van der Waals surface area contributed by atoms with Gasteiger partial charge in [0.15, 0.2) is 0 Å². The van der Waals surface area contributed by atoms with Crippen molar-refractivity contribution in [1.82, 2.24) is 9.80 Å². The normalized spacial score (nSPS) is 22.8. The Balaban J connectivity index is 0.000000146. The summed E-state index contributed by atoms with van der Waals surface area (Å²) in [4.78, 5) is 13.9. The first-order valence-corrected chi connectivity index (χ1v) is 5.71. The fraction of sp³-hybridized carbons (Fsp3) is 0.909. The maximum absolute atomic E-state index is 9.71. The van der Waals surface area contributed by atoms with E-state index < -0.39 is 0 Å². The minimum absolute atomic E-state index is 0.892. The van der Waals surface area contributed by atoms with Crippen molar-refractivity contribution in [2.45, 2.75) is 32.1 Å². The number of carbonyl (C=O) groups is 1. The molecule has 1 amide bonds. The molecule has 0 atom stereocenters. The van der Waals surface area contributed by atoms with Crippen molar-refractivity contribution in [3.05, 3.63) is 0 Å². The fourth-order valence-corrected chi connectivity index (χ4v) is 1.67. The lowest BCUT2D eigenvalue weighted by atomic mass is 10.2. The molecular formula is C11H22N2O. The molecule has 2 rings (SSSR count). The number of rotatable bonds is 1. The van der Waals surface area contributed by atoms with E-state index in [2.05, 4.69) is 11.9 Å². The lowest BCUT2D eigenvalue weighted by molar-refractivity contribution is -0.121. The van der Waals surface area contributed by atoms with E-state index in [0.717, 1.165) is 19.5 Å². The maximum Gasteiger partial charge on any atom is 0.209 e. The zero-order valence-electron chi connectivity index (χ0n) is 9.24. The van der Waals surface area contributed by atoms with E-state index in [9.17, 15) is 4.79 Å². The third-order valence-electron chi connectivity index (χ3n) is 2.87. The third-order valence-corrected chi connectivity index (χ3v) is 2.87. The van der Waals surface area contributed by atoms with Gasteiger partial charge in [0.2, 0.25) is 6.41 Å². The summed E-state index contributed by atoms with van der Waals surface area (Å²) in [5.41, 5.74) is 0. The quantitative estimate of drug-likeness (QED) is 0.594. The second kappa shape index (κ2) is 6.82. The van der Waals surface area contributed by atoms with E-state index in [1.807, 2.05) is 0 Å². The van der Waals surface area contributed by atoms with Crippen LogP contribution in [0, 0.1) is 0 Å². The largest absolute Gasteiger partial charge is 0.345 e. The molecule has 82 valence electrons. The van der Waals surface area contributed by atoms with Gasteiger partial charge in [-0.25, -0.2) is 0 Å². The van der Waals surface area contributed by atoms with E-state index in [4.69, 9.17) is 0 Å². The number of nitrogens with zero attached hydrogens (tertiary/aromatic N) is 2. The van der Waals surface area contributed by atoms with Gasteiger partial charge in [-0.15, -0.1) is 0 Å². The topological polar surface area (TPSA) is 23.6 Å². The molecule has 0 aliphatic carbocycles. The Morgan fingerprint density at radius 2 is 1.43 bits per heavy atom. The summed E-state index contributed by atoms with van der Waals surface area (Å²) in [7, 11) is 2.21. The van der Waals surface area contributed by atoms with Crippen LogP contribution in [-0.4, -0.2) is 49.4 Å². The zero-order chi connectivity index (χ0) is 10.2. The number of amides is 1. The van der Waals surface area contributed by atoms with Crippen molar-refractivity contribution in [3.63, 3.8) is 0 Å². The molecule has 0 aromatic carbocycles. The van der Waals surface area contributed by atoms with Crippen molar-refractivity contribution < 1.29 is 4.79 Å². The first-order valence-electron chi connectivity index (χ1n) is 5.71. The van der Waals surface area contributed by atoms with Gasteiger partial charge in [0.1, 0.15) is 0 Å². The van der Waals surface area contributed by atoms with Crippen LogP contribution in [0.1, 0.15) is 32.1 Å². The molecule has 0 unspecified atom stereocenters. The highest BCUT2D eigenvalue weighted by Crippen LogP contribution is 2.06. The summed E-state index contributed by atoms with van der Waals surface area (Å²) in [5, 5.41) is 0. The fourth-order valence-electron chi connectivity index (χ4n) is 1.67. The first-order chi connectivity index (χ1) is 6.83. The molecule has 3 nitrogen and oxygen atoms in total. The minimum Gasteiger partial charge on any atom is -0.345 e. The van der Waals surface area contributed by atoms with E-state index in [1.54, 1.807) is 4.90 Å². The van der Waals surface area contributed by atoms with E-state index in [-0.39, 0.29) is 0 Å². The number of carbonyl (C=O) groups excluding carboxylic acids is 1. The van der Waals surface area contributed by atoms with Crippen LogP contribution in [0.5, 0.6) is 0 Å². The van der Waals surface area contributed by atoms with Gasteiger partial charge < -0.3 is 9.80 Å². The average Bonchev–Trinajstić information content (AvgIpc) is 2.32. The molecule has 0 radical (unpaired) electrons. The number of likely N-dealkylation sites (tertiary alicyclic amines) is 2. The lowest BCUT2D eigenvalue weighted by Crippen LogP contribution is -2.35. The smallest absolute Gasteiger partial charge is 0.209 e. The van der Waals surface area contributed by atoms with E-state index >= 15 is 0 Å². The molecule has 0 saturated carbocycles. The molecule has 0 aromatic heterocycles. The summed E-state index contributed by atoms with van der Waals surface area (Å²) in [6.45, 7) is 4.59. The molecular weight excluding hydrogens is 176 g/mol. The van der Waals surface area contributed by atoms with Crippen molar-refractivity contribution in [3.8, 4) is 0 Å². The zero-order valence-corrected chi connectivity index (χ0v) is 9.24. The molecule has 3 heteroatoms. The van der Waals surface area contributed by atoms with Crippen molar-refractivity contribution in [2.24, 2.45) is 0 Å². The molecule has 2 fully saturated rings. The van der Waals surface area contributed by atoms with Crippen LogP contribution in [0.3, 0.4) is 0 Å². The van der Waals surface area contributed by atoms with Crippen LogP contribution in [0.2, 0.25) is 0 Å². The Labute approximate surface area is 87.1 Å². The minimum atomic E-state index is 0.892. The predicted octanol–water partition coefficient (Wildman–Crippen LogP) is 1.34. The molecule has 0 spiro atoms. The highest BCUT2D eigenvalue weighted by molar-refractivity contribution is 5.48. The van der Waals surface area contributed by atoms with Gasteiger partial charge in [0, 0.05) is 13.1 Å². The molecule has 2 aliphatic rings. The first kappa shape index (κ1) is 11.5. The molecule has 0 aromatic rings. The van der Waals surface area contributed by atoms with Crippen molar-refractivity contribution in [1.29, 1.82) is 0 Å². The summed E-state index contributed by atoms with van der Waals surface area (Å²) >= 11 is 0. The summed E-state index contributed by atoms with van der Waals surface area (Å²) in [6.07, 6.45) is 7.81. The molecule has 0 bridgehead atoms. The SMILES string of the molecule is CN1CCCCCC1.O=CN1CCC1. The summed E-state index contributed by atoms with van der Waals surface area (Å²) < 4.78 is 0. The van der Waals surface area contributed by atoms with Crippen LogP contribution in [0.25, 0.3) is 0 Å². The van der Waals surface area contributed by atoms with Crippen LogP contribution in [0.15, 0.2) is 0 Å². The van der Waals surface area contributed by atoms with Crippen LogP contribution < -0.4 is 0 Å². The monoisotopic (exact) mass is 198 g/mol. The highest BCUT2D eigenvalue weighted by Gasteiger charge is 2.08. The van der Waals surface area contributed by atoms with Gasteiger partial charge in [0.05, 0.1) is 0 Å². The molecule has 2 saturated heterocycles. The number of hydrogen-bond acceptors (Lipinski definition) is 2. The molecule has 2 aliphatic heterocycles. The Morgan fingerprint density at radius 3 is 1.71 bits per heavy atom. The van der Waals surface area contributed by atoms with Gasteiger partial charge >= 0.3 is 0 Å². The standard InChI is InChI=1S/C7H15N.C4H7NO/c1-8-6-4-2-3-5-7-8;6-4-5-2-1-3-5/h2-7H2,1H3;4H,1-3H2. The molecule has 14 heavy (non-hydrogen) atoms. The average molecular weight is 198 g/mol. The van der Waals surface area contributed by atoms with E-state index in [1.165, 1.54) is 45.2 Å². The van der Waals surface area contributed by atoms with Crippen molar-refractivity contribution >= 4 is 6.41 Å². The third kappa shape index (κ3) is 4.61. The summed E-state index contributed by atoms with van der Waals surface area (Å²) in [5.74, 6) is 0. The molecule has 2 heterocycles. The molecule has 0 N–H and O–H groups in total. The Hall–Kier alpha value is -0.570. The van der Waals surface area contributed by atoms with Crippen molar-refractivity contribution in [2.75, 3.05) is 33.2 Å². The Bertz CT molecular complexity index is 149. The second-order valence-corrected chi connectivity index (χ2v) is 4.21. The van der Waals surface area contributed by atoms with Crippen LogP contribution in [0.4, 0.5) is 0 Å². The highest BCUT2D eigenvalue weighted by atomic mass is 16.1. The van der Waals surface area contributed by atoms with Gasteiger partial charge in [-0.2, -0.15) is 0 Å². The van der Waals surface area contributed by atoms with Crippen LogP contribution >= 0.6 is 0 Å². The second-order valence-electron chi connectivity index (χ2n) is 4.21. The Morgan fingerprint density at radius 1 is 0.857 bits per heavy atom. The van der Waals surface area contributed by atoms with Gasteiger partial charge in [-0.05, 0) is 39.4 Å². The lowest BCUT2D eigenvalue weighted by Gasteiger charge is -2.25. The van der Waals surface area contributed by atoms with Gasteiger partial charge in [-0.3, -0.25) is 4.79 Å². The predicted molar refractivity (Wildman–Crippen MR) is 58.2 cm³/mol. The van der Waals surface area contributed by atoms with E-state index in [0.29, 0.717) is 0 Å². The van der Waals surface area contributed by atoms with Gasteiger partial charge in [0.25, 0.3) is 0 Å². The summed E-state index contributed by atoms with van der Waals surface area (Å²) in [6, 6.07) is 0. The maximum atomic E-state index is 9.71. The Kier molecular flexibility index (Phi) is 5.60. The van der Waals surface area contributed by atoms with Crippen LogP contribution in [-0.2, 0) is 4.79 Å².